The van der Waals surface area contributed by atoms with Crippen LogP contribution in [0, 0.1) is 6.92 Å². The number of nitrogens with zero attached hydrogens (tertiary/aromatic N) is 3. The van der Waals surface area contributed by atoms with Crippen molar-refractivity contribution in [1.29, 1.82) is 0 Å². The Balaban J connectivity index is 1.65. The molecule has 3 rings (SSSR count). The number of carbonyl (C=O) groups excluding carboxylic acids is 2. The van der Waals surface area contributed by atoms with Gasteiger partial charge in [0.15, 0.2) is 11.0 Å². The van der Waals surface area contributed by atoms with E-state index in [2.05, 4.69) is 15.5 Å². The predicted octanol–water partition coefficient (Wildman–Crippen LogP) is 3.43. The summed E-state index contributed by atoms with van der Waals surface area (Å²) in [7, 11) is 3.18. The Morgan fingerprint density at radius 1 is 1.38 bits per heavy atom. The van der Waals surface area contributed by atoms with Crippen molar-refractivity contribution < 1.29 is 14.3 Å². The third kappa shape index (κ3) is 3.97. The first-order valence-electron chi connectivity index (χ1n) is 7.54. The van der Waals surface area contributed by atoms with Crippen LogP contribution >= 0.6 is 34.4 Å². The van der Waals surface area contributed by atoms with Crippen molar-refractivity contribution in [3.63, 3.8) is 0 Å². The van der Waals surface area contributed by atoms with Gasteiger partial charge in [-0.25, -0.2) is 4.79 Å². The van der Waals surface area contributed by atoms with Gasteiger partial charge in [0.25, 0.3) is 0 Å². The van der Waals surface area contributed by atoms with Gasteiger partial charge in [-0.1, -0.05) is 17.8 Å². The van der Waals surface area contributed by atoms with Crippen molar-refractivity contribution in [2.45, 2.75) is 12.1 Å². The number of hydrogen-bond acceptors (Lipinski definition) is 8. The number of hydrogen-bond donors (Lipinski definition) is 1. The fourth-order valence-corrected chi connectivity index (χ4v) is 4.59. The number of esters is 1. The molecule has 136 valence electrons. The zero-order valence-electron chi connectivity index (χ0n) is 14.3. The van der Waals surface area contributed by atoms with Gasteiger partial charge in [0.2, 0.25) is 5.91 Å². The molecule has 0 aromatic carbocycles. The van der Waals surface area contributed by atoms with E-state index in [9.17, 15) is 9.59 Å². The second-order valence-corrected chi connectivity index (χ2v) is 8.42. The zero-order chi connectivity index (χ0) is 18.7. The van der Waals surface area contributed by atoms with Crippen molar-refractivity contribution in [2.75, 3.05) is 18.2 Å². The Labute approximate surface area is 162 Å². The number of anilines is 1. The lowest BCUT2D eigenvalue weighted by Gasteiger charge is -2.05. The fourth-order valence-electron chi connectivity index (χ4n) is 2.22. The molecule has 26 heavy (non-hydrogen) atoms. The van der Waals surface area contributed by atoms with Crippen LogP contribution in [0.5, 0.6) is 0 Å². The van der Waals surface area contributed by atoms with Crippen LogP contribution in [-0.2, 0) is 16.6 Å². The molecule has 3 aromatic rings. The van der Waals surface area contributed by atoms with E-state index < -0.39 is 5.97 Å². The van der Waals surface area contributed by atoms with Gasteiger partial charge in [0.05, 0.1) is 23.3 Å². The van der Waals surface area contributed by atoms with Crippen LogP contribution in [-0.4, -0.2) is 39.5 Å². The first-order chi connectivity index (χ1) is 12.5. The van der Waals surface area contributed by atoms with Gasteiger partial charge < -0.3 is 14.6 Å². The number of thioether (sulfide) groups is 1. The average Bonchev–Trinajstić information content (AvgIpc) is 3.33. The second-order valence-electron chi connectivity index (χ2n) is 5.27. The predicted molar refractivity (Wildman–Crippen MR) is 104 cm³/mol. The maximum atomic E-state index is 12.3. The molecule has 3 aromatic heterocycles. The van der Waals surface area contributed by atoms with Gasteiger partial charge in [-0.15, -0.1) is 32.9 Å². The van der Waals surface area contributed by atoms with Crippen LogP contribution in [0.3, 0.4) is 0 Å². The Bertz CT molecular complexity index is 931. The summed E-state index contributed by atoms with van der Waals surface area (Å²) < 4.78 is 6.61. The molecule has 0 aliphatic rings. The molecule has 1 amide bonds. The molecule has 7 nitrogen and oxygen atoms in total. The number of ether oxygens (including phenoxy) is 1. The normalized spacial score (nSPS) is 10.7. The number of methoxy groups -OCH3 is 1. The van der Waals surface area contributed by atoms with Crippen LogP contribution in [0.25, 0.3) is 10.7 Å². The minimum Gasteiger partial charge on any atom is -0.465 e. The molecular formula is C16H16N4O3S3. The molecule has 1 N–H and O–H groups in total. The van der Waals surface area contributed by atoms with E-state index in [0.29, 0.717) is 15.7 Å². The van der Waals surface area contributed by atoms with Gasteiger partial charge in [-0.2, -0.15) is 0 Å². The van der Waals surface area contributed by atoms with Crippen LogP contribution in [0.4, 0.5) is 5.00 Å². The number of aromatic nitrogens is 3. The summed E-state index contributed by atoms with van der Waals surface area (Å²) in [6, 6.07) is 5.63. The molecule has 0 unspecified atom stereocenters. The fraction of sp³-hybridized carbons (Fsp3) is 0.250. The van der Waals surface area contributed by atoms with E-state index >= 15 is 0 Å². The van der Waals surface area contributed by atoms with Gasteiger partial charge in [0, 0.05) is 11.9 Å². The number of carbonyl (C=O) groups is 2. The monoisotopic (exact) mass is 408 g/mol. The molecule has 10 heteroatoms. The van der Waals surface area contributed by atoms with E-state index in [4.69, 9.17) is 4.74 Å². The molecule has 0 aliphatic heterocycles. The summed E-state index contributed by atoms with van der Waals surface area (Å²) in [5.41, 5.74) is 0.368. The van der Waals surface area contributed by atoms with Crippen LogP contribution in [0.1, 0.15) is 15.2 Å². The minimum absolute atomic E-state index is 0.161. The summed E-state index contributed by atoms with van der Waals surface area (Å²) in [6.07, 6.45) is 0. The molecule has 0 atom stereocenters. The van der Waals surface area contributed by atoms with E-state index in [1.165, 1.54) is 30.2 Å². The lowest BCUT2D eigenvalue weighted by molar-refractivity contribution is -0.113. The molecule has 0 bridgehead atoms. The lowest BCUT2D eigenvalue weighted by Crippen LogP contribution is -2.16. The van der Waals surface area contributed by atoms with E-state index in [0.717, 1.165) is 15.6 Å². The van der Waals surface area contributed by atoms with Gasteiger partial charge in [-0.3, -0.25) is 4.79 Å². The van der Waals surface area contributed by atoms with Crippen LogP contribution < -0.4 is 5.32 Å². The van der Waals surface area contributed by atoms with Crippen molar-refractivity contribution in [3.8, 4) is 10.7 Å². The Hall–Kier alpha value is -2.17. The maximum Gasteiger partial charge on any atom is 0.340 e. The Morgan fingerprint density at radius 2 is 2.19 bits per heavy atom. The smallest absolute Gasteiger partial charge is 0.340 e. The summed E-state index contributed by atoms with van der Waals surface area (Å²) in [6.45, 7) is 1.87. The number of nitrogens with one attached hydrogen (secondary N) is 1. The number of rotatable bonds is 6. The zero-order valence-corrected chi connectivity index (χ0v) is 16.8. The van der Waals surface area contributed by atoms with Crippen molar-refractivity contribution in [2.24, 2.45) is 7.05 Å². The molecule has 3 heterocycles. The van der Waals surface area contributed by atoms with Crippen molar-refractivity contribution in [1.82, 2.24) is 14.8 Å². The third-order valence-corrected chi connectivity index (χ3v) is 6.27. The molecule has 0 saturated heterocycles. The summed E-state index contributed by atoms with van der Waals surface area (Å²) >= 11 is 4.21. The average molecular weight is 409 g/mol. The summed E-state index contributed by atoms with van der Waals surface area (Å²) in [5, 5.41) is 14.2. The van der Waals surface area contributed by atoms with Crippen molar-refractivity contribution >= 4 is 51.3 Å². The van der Waals surface area contributed by atoms with E-state index in [-0.39, 0.29) is 11.7 Å². The first-order valence-corrected chi connectivity index (χ1v) is 10.2. The van der Waals surface area contributed by atoms with Gasteiger partial charge in [0.1, 0.15) is 5.00 Å². The number of thiophene rings is 2. The first kappa shape index (κ1) is 18.6. The molecule has 0 spiro atoms. The van der Waals surface area contributed by atoms with Crippen LogP contribution in [0.15, 0.2) is 28.7 Å². The van der Waals surface area contributed by atoms with E-state index in [1.54, 1.807) is 17.4 Å². The molecule has 0 fully saturated rings. The highest BCUT2D eigenvalue weighted by atomic mass is 32.2. The van der Waals surface area contributed by atoms with Gasteiger partial charge >= 0.3 is 5.97 Å². The van der Waals surface area contributed by atoms with Crippen molar-refractivity contribution in [3.05, 3.63) is 34.0 Å². The highest BCUT2D eigenvalue weighted by Crippen LogP contribution is 2.29. The standard InChI is InChI=1S/C16H16N4O3S3/c1-9-7-10(15(22)23-3)14(26-9)17-12(21)8-25-16-19-18-13(20(16)2)11-5-4-6-24-11/h4-7H,8H2,1-3H3,(H,17,21). The Morgan fingerprint density at radius 3 is 2.88 bits per heavy atom. The van der Waals surface area contributed by atoms with E-state index in [1.807, 2.05) is 36.1 Å². The lowest BCUT2D eigenvalue weighted by atomic mass is 10.3. The molecule has 0 saturated carbocycles. The Kier molecular flexibility index (Phi) is 5.74. The quantitative estimate of drug-likeness (QED) is 0.497. The molecule has 0 aliphatic carbocycles. The molecule has 0 radical (unpaired) electrons. The maximum absolute atomic E-state index is 12.3. The summed E-state index contributed by atoms with van der Waals surface area (Å²) in [4.78, 5) is 26.0. The minimum atomic E-state index is -0.466. The third-order valence-electron chi connectivity index (χ3n) is 3.42. The molecular weight excluding hydrogens is 392 g/mol. The topological polar surface area (TPSA) is 86.1 Å². The van der Waals surface area contributed by atoms with Gasteiger partial charge in [-0.05, 0) is 24.4 Å². The van der Waals surface area contributed by atoms with Crippen LogP contribution in [0.2, 0.25) is 0 Å². The highest BCUT2D eigenvalue weighted by Gasteiger charge is 2.18. The number of amides is 1. The SMILES string of the molecule is COC(=O)c1cc(C)sc1NC(=O)CSc1nnc(-c2cccs2)n1C. The highest BCUT2D eigenvalue weighted by molar-refractivity contribution is 7.99. The largest absolute Gasteiger partial charge is 0.465 e. The second kappa shape index (κ2) is 8.02. The summed E-state index contributed by atoms with van der Waals surface area (Å²) in [5.74, 6) is 0.243. The number of aryl methyl sites for hydroxylation is 1.